The number of halogens is 1. The van der Waals surface area contributed by atoms with Crippen molar-refractivity contribution in [3.63, 3.8) is 0 Å². The lowest BCUT2D eigenvalue weighted by Crippen LogP contribution is -2.43. The lowest BCUT2D eigenvalue weighted by Gasteiger charge is -2.28. The first-order chi connectivity index (χ1) is 21.4. The normalized spacial score (nSPS) is 15.8. The van der Waals surface area contributed by atoms with Gasteiger partial charge in [-0.15, -0.1) is 0 Å². The van der Waals surface area contributed by atoms with Crippen molar-refractivity contribution in [2.45, 2.75) is 25.4 Å². The van der Waals surface area contributed by atoms with Crippen LogP contribution in [0.15, 0.2) is 78.2 Å². The molecule has 11 heteroatoms. The summed E-state index contributed by atoms with van der Waals surface area (Å²) in [5.41, 5.74) is 9.92. The van der Waals surface area contributed by atoms with E-state index in [2.05, 4.69) is 31.4 Å². The Morgan fingerprint density at radius 2 is 1.68 bits per heavy atom. The second-order valence-electron chi connectivity index (χ2n) is 11.4. The van der Waals surface area contributed by atoms with Crippen LogP contribution < -0.4 is 21.8 Å². The van der Waals surface area contributed by atoms with Gasteiger partial charge in [0.05, 0.1) is 11.4 Å². The number of carbonyl (C=O) groups excluding carboxylic acids is 1. The Hall–Kier alpha value is -4.87. The molecular formula is C33H32FN7O3. The van der Waals surface area contributed by atoms with Gasteiger partial charge >= 0.3 is 0 Å². The van der Waals surface area contributed by atoms with Gasteiger partial charge in [0, 0.05) is 68.3 Å². The summed E-state index contributed by atoms with van der Waals surface area (Å²) in [6, 6.07) is 13.4. The van der Waals surface area contributed by atoms with Gasteiger partial charge in [0.25, 0.3) is 5.91 Å². The molecule has 0 bridgehead atoms. The van der Waals surface area contributed by atoms with E-state index in [0.29, 0.717) is 54.4 Å². The number of ether oxygens (including phenoxy) is 1. The maximum Gasteiger partial charge on any atom is 0.261 e. The number of amides is 1. The minimum absolute atomic E-state index is 0.0186. The average molecular weight is 594 g/mol. The highest BCUT2D eigenvalue weighted by atomic mass is 19.1. The molecule has 0 saturated carbocycles. The van der Waals surface area contributed by atoms with Gasteiger partial charge in [-0.1, -0.05) is 24.3 Å². The van der Waals surface area contributed by atoms with Crippen LogP contribution in [0.1, 0.15) is 29.2 Å². The van der Waals surface area contributed by atoms with E-state index >= 15 is 0 Å². The Bertz CT molecular complexity index is 1890. The summed E-state index contributed by atoms with van der Waals surface area (Å²) in [6.07, 6.45) is 8.70. The number of nitrogen functional groups attached to an aromatic ring is 1. The number of hydrogen-bond donors (Lipinski definition) is 3. The Labute approximate surface area is 252 Å². The van der Waals surface area contributed by atoms with E-state index in [1.165, 1.54) is 18.5 Å². The van der Waals surface area contributed by atoms with E-state index < -0.39 is 17.2 Å². The molecule has 2 fully saturated rings. The number of nitrogens with one attached hydrogen (secondary N) is 2. The number of carbonyl (C=O) groups is 1. The maximum absolute atomic E-state index is 13.7. The smallest absolute Gasteiger partial charge is 0.261 e. The quantitative estimate of drug-likeness (QED) is 0.254. The summed E-state index contributed by atoms with van der Waals surface area (Å²) < 4.78 is 23.2. The topological polar surface area (TPSA) is 129 Å². The summed E-state index contributed by atoms with van der Waals surface area (Å²) in [5, 5.41) is 6.97. The minimum Gasteiger partial charge on any atom is -0.383 e. The van der Waals surface area contributed by atoms with Crippen LogP contribution in [0.4, 0.5) is 15.9 Å². The van der Waals surface area contributed by atoms with Gasteiger partial charge in [0.15, 0.2) is 0 Å². The monoisotopic (exact) mass is 593 g/mol. The fourth-order valence-corrected chi connectivity index (χ4v) is 5.97. The van der Waals surface area contributed by atoms with E-state index in [-0.39, 0.29) is 5.56 Å². The van der Waals surface area contributed by atoms with Crippen LogP contribution in [-0.4, -0.2) is 51.3 Å². The molecule has 0 spiro atoms. The SMILES string of the molecule is Nc1ncnc2c1c(-c1ccc(NC(=O)c3cn(CC4CCOCC4)cc(-c4ccc(F)cc4)c3=O)cc1)cn2C1CNC1. The molecule has 1 amide bonds. The molecule has 4 N–H and O–H groups in total. The molecule has 10 nitrogen and oxygen atoms in total. The molecule has 0 aliphatic carbocycles. The summed E-state index contributed by atoms with van der Waals surface area (Å²) in [7, 11) is 0. The Balaban J connectivity index is 1.18. The zero-order valence-corrected chi connectivity index (χ0v) is 24.0. The van der Waals surface area contributed by atoms with Gasteiger partial charge in [-0.05, 0) is 54.2 Å². The van der Waals surface area contributed by atoms with Crippen LogP contribution in [0.2, 0.25) is 0 Å². The fourth-order valence-electron chi connectivity index (χ4n) is 5.97. The number of fused-ring (bicyclic) bond motifs is 1. The van der Waals surface area contributed by atoms with Gasteiger partial charge in [0.1, 0.15) is 29.2 Å². The third kappa shape index (κ3) is 5.36. The highest BCUT2D eigenvalue weighted by Gasteiger charge is 2.24. The first kappa shape index (κ1) is 27.9. The molecule has 5 heterocycles. The van der Waals surface area contributed by atoms with Crippen LogP contribution in [-0.2, 0) is 11.3 Å². The highest BCUT2D eigenvalue weighted by Crippen LogP contribution is 2.35. The third-order valence-corrected chi connectivity index (χ3v) is 8.53. The molecule has 7 rings (SSSR count). The number of benzene rings is 2. The highest BCUT2D eigenvalue weighted by molar-refractivity contribution is 6.05. The second-order valence-corrected chi connectivity index (χ2v) is 11.4. The molecule has 3 aromatic heterocycles. The van der Waals surface area contributed by atoms with Gasteiger partial charge in [-0.2, -0.15) is 0 Å². The molecule has 2 aliphatic rings. The van der Waals surface area contributed by atoms with Crippen molar-refractivity contribution >= 4 is 28.4 Å². The summed E-state index contributed by atoms with van der Waals surface area (Å²) >= 11 is 0. The van der Waals surface area contributed by atoms with Crippen LogP contribution >= 0.6 is 0 Å². The number of rotatable bonds is 7. The number of nitrogens with two attached hydrogens (primary N) is 1. The zero-order valence-electron chi connectivity index (χ0n) is 24.0. The molecule has 0 radical (unpaired) electrons. The number of pyridine rings is 1. The minimum atomic E-state index is -0.515. The first-order valence-corrected chi connectivity index (χ1v) is 14.8. The van der Waals surface area contributed by atoms with E-state index in [1.54, 1.807) is 36.7 Å². The van der Waals surface area contributed by atoms with Crippen molar-refractivity contribution in [1.29, 1.82) is 0 Å². The van der Waals surface area contributed by atoms with E-state index in [1.807, 2.05) is 16.7 Å². The van der Waals surface area contributed by atoms with Crippen molar-refractivity contribution in [2.75, 3.05) is 37.4 Å². The molecular weight excluding hydrogens is 561 g/mol. The summed E-state index contributed by atoms with van der Waals surface area (Å²) in [5.74, 6) is -0.138. The van der Waals surface area contributed by atoms with E-state index in [4.69, 9.17) is 10.5 Å². The van der Waals surface area contributed by atoms with Crippen LogP contribution in [0, 0.1) is 11.7 Å². The van der Waals surface area contributed by atoms with Crippen molar-refractivity contribution in [1.82, 2.24) is 24.4 Å². The molecule has 44 heavy (non-hydrogen) atoms. The lowest BCUT2D eigenvalue weighted by molar-refractivity contribution is 0.0612. The molecule has 5 aromatic rings. The Kier molecular flexibility index (Phi) is 7.41. The van der Waals surface area contributed by atoms with E-state index in [0.717, 1.165) is 48.1 Å². The first-order valence-electron chi connectivity index (χ1n) is 14.8. The van der Waals surface area contributed by atoms with Gasteiger partial charge in [-0.25, -0.2) is 14.4 Å². The Morgan fingerprint density at radius 1 is 0.977 bits per heavy atom. The molecule has 0 unspecified atom stereocenters. The standard InChI is InChI=1S/C33H32FN7O3/c34-23-5-1-22(2-6-23)27-16-40(15-20-9-11-44-12-10-20)17-28(30(27)42)33(43)39-24-7-3-21(4-8-24)26-18-41(25-13-36-14-25)32-29(26)31(35)37-19-38-32/h1-8,16-20,25,36H,9-15H2,(H,39,43)(H2,35,37,38). The predicted octanol–water partition coefficient (Wildman–Crippen LogP) is 4.47. The number of aromatic nitrogens is 4. The number of nitrogens with zero attached hydrogens (tertiary/aromatic N) is 4. The molecule has 224 valence electrons. The van der Waals surface area contributed by atoms with Crippen LogP contribution in [0.25, 0.3) is 33.3 Å². The number of hydrogen-bond acceptors (Lipinski definition) is 7. The van der Waals surface area contributed by atoms with Crippen molar-refractivity contribution < 1.29 is 13.9 Å². The zero-order chi connectivity index (χ0) is 30.2. The van der Waals surface area contributed by atoms with Gasteiger partial charge in [0.2, 0.25) is 5.43 Å². The molecule has 2 aliphatic heterocycles. The third-order valence-electron chi connectivity index (χ3n) is 8.53. The predicted molar refractivity (Wildman–Crippen MR) is 167 cm³/mol. The summed E-state index contributed by atoms with van der Waals surface area (Å²) in [6.45, 7) is 3.74. The van der Waals surface area contributed by atoms with E-state index in [9.17, 15) is 14.0 Å². The summed E-state index contributed by atoms with van der Waals surface area (Å²) in [4.78, 5) is 35.9. The van der Waals surface area contributed by atoms with Crippen LogP contribution in [0.3, 0.4) is 0 Å². The number of anilines is 2. The van der Waals surface area contributed by atoms with Gasteiger partial charge < -0.3 is 30.2 Å². The molecule has 2 saturated heterocycles. The average Bonchev–Trinajstić information content (AvgIpc) is 3.38. The second kappa shape index (κ2) is 11.7. The largest absolute Gasteiger partial charge is 0.383 e. The van der Waals surface area contributed by atoms with Crippen molar-refractivity contribution in [3.05, 3.63) is 95.1 Å². The maximum atomic E-state index is 13.7. The Morgan fingerprint density at radius 3 is 2.39 bits per heavy atom. The fraction of sp³-hybridized carbons (Fsp3) is 0.273. The van der Waals surface area contributed by atoms with Gasteiger partial charge in [-0.3, -0.25) is 9.59 Å². The lowest BCUT2D eigenvalue weighted by atomic mass is 9.99. The molecule has 0 atom stereocenters. The van der Waals surface area contributed by atoms with Crippen molar-refractivity contribution in [3.8, 4) is 22.3 Å². The van der Waals surface area contributed by atoms with Crippen molar-refractivity contribution in [2.24, 2.45) is 5.92 Å². The van der Waals surface area contributed by atoms with Crippen LogP contribution in [0.5, 0.6) is 0 Å². The molecule has 2 aromatic carbocycles.